The van der Waals surface area contributed by atoms with Crippen molar-refractivity contribution in [3.05, 3.63) is 35.8 Å². The van der Waals surface area contributed by atoms with Crippen LogP contribution in [0.2, 0.25) is 0 Å². The highest BCUT2D eigenvalue weighted by Gasteiger charge is 2.48. The first-order valence-corrected chi connectivity index (χ1v) is 9.31. The number of benzene rings is 1. The normalized spacial score (nSPS) is 15.5. The van der Waals surface area contributed by atoms with Gasteiger partial charge in [-0.1, -0.05) is 0 Å². The van der Waals surface area contributed by atoms with Crippen molar-refractivity contribution in [2.75, 3.05) is 17.3 Å². The number of hydrogen-bond acceptors (Lipinski definition) is 6. The Morgan fingerprint density at radius 1 is 1.25 bits per heavy atom. The molecule has 0 radical (unpaired) electrons. The molecule has 0 saturated heterocycles. The number of nitrogens with zero attached hydrogens (tertiary/aromatic N) is 5. The molecule has 8 nitrogen and oxygen atoms in total. The number of anilines is 3. The van der Waals surface area contributed by atoms with E-state index < -0.39 is 5.41 Å². The number of amides is 1. The third-order valence-corrected chi connectivity index (χ3v) is 5.22. The molecule has 2 aromatic heterocycles. The van der Waals surface area contributed by atoms with Crippen molar-refractivity contribution in [1.82, 2.24) is 19.7 Å². The lowest BCUT2D eigenvalue weighted by atomic mass is 9.87. The minimum absolute atomic E-state index is 0.0843. The molecule has 0 saturated carbocycles. The smallest absolute Gasteiger partial charge is 0.243 e. The van der Waals surface area contributed by atoms with E-state index in [0.29, 0.717) is 11.6 Å². The first-order valence-electron chi connectivity index (χ1n) is 9.31. The Hall–Kier alpha value is -3.00. The summed E-state index contributed by atoms with van der Waals surface area (Å²) in [4.78, 5) is 23.8. The molecule has 0 aliphatic carbocycles. The average Bonchev–Trinajstić information content (AvgIpc) is 3.18. The summed E-state index contributed by atoms with van der Waals surface area (Å²) in [6.45, 7) is 7.59. The number of aromatic nitrogens is 4. The van der Waals surface area contributed by atoms with Gasteiger partial charge in [-0.05, 0) is 45.9 Å². The van der Waals surface area contributed by atoms with E-state index in [1.54, 1.807) is 11.9 Å². The zero-order valence-corrected chi connectivity index (χ0v) is 16.7. The lowest BCUT2D eigenvalue weighted by Gasteiger charge is -2.20. The zero-order chi connectivity index (χ0) is 20.2. The van der Waals surface area contributed by atoms with Crippen LogP contribution in [0.4, 0.5) is 17.3 Å². The largest absolute Gasteiger partial charge is 0.388 e. The fourth-order valence-electron chi connectivity index (χ4n) is 3.80. The molecule has 1 amide bonds. The van der Waals surface area contributed by atoms with E-state index in [1.807, 2.05) is 42.9 Å². The third-order valence-electron chi connectivity index (χ3n) is 5.22. The number of fused-ring (bicyclic) bond motifs is 2. The lowest BCUT2D eigenvalue weighted by Crippen LogP contribution is -2.33. The number of aliphatic hydroxyl groups excluding tert-OH is 1. The summed E-state index contributed by atoms with van der Waals surface area (Å²) in [6, 6.07) is 6.08. The Morgan fingerprint density at radius 2 is 2.00 bits per heavy atom. The highest BCUT2D eigenvalue weighted by Crippen LogP contribution is 2.47. The first kappa shape index (κ1) is 18.4. The Balaban J connectivity index is 1.92. The summed E-state index contributed by atoms with van der Waals surface area (Å²) in [5.41, 5.74) is 1.67. The van der Waals surface area contributed by atoms with Gasteiger partial charge in [-0.15, -0.1) is 0 Å². The van der Waals surface area contributed by atoms with Gasteiger partial charge in [0.1, 0.15) is 18.2 Å². The van der Waals surface area contributed by atoms with Crippen LogP contribution in [0.25, 0.3) is 10.9 Å². The molecule has 4 rings (SSSR count). The zero-order valence-electron chi connectivity index (χ0n) is 16.7. The summed E-state index contributed by atoms with van der Waals surface area (Å²) < 4.78 is 1.95. The van der Waals surface area contributed by atoms with E-state index in [2.05, 4.69) is 34.2 Å². The van der Waals surface area contributed by atoms with Crippen molar-refractivity contribution in [2.45, 2.75) is 45.8 Å². The van der Waals surface area contributed by atoms with Gasteiger partial charge in [0.2, 0.25) is 5.91 Å². The van der Waals surface area contributed by atoms with E-state index in [1.165, 1.54) is 0 Å². The third kappa shape index (κ3) is 2.48. The summed E-state index contributed by atoms with van der Waals surface area (Å²) >= 11 is 0. The van der Waals surface area contributed by atoms with Gasteiger partial charge in [-0.2, -0.15) is 5.10 Å². The van der Waals surface area contributed by atoms with Crippen LogP contribution >= 0.6 is 0 Å². The van der Waals surface area contributed by atoms with Gasteiger partial charge < -0.3 is 10.4 Å². The van der Waals surface area contributed by atoms with Gasteiger partial charge in [0.15, 0.2) is 5.82 Å². The van der Waals surface area contributed by atoms with E-state index in [9.17, 15) is 9.90 Å². The highest BCUT2D eigenvalue weighted by atomic mass is 16.3. The number of nitrogens with one attached hydrogen (secondary N) is 1. The van der Waals surface area contributed by atoms with Crippen LogP contribution in [0, 0.1) is 0 Å². The second-order valence-electron chi connectivity index (χ2n) is 7.79. The summed E-state index contributed by atoms with van der Waals surface area (Å²) in [7, 11) is 1.75. The quantitative estimate of drug-likeness (QED) is 0.722. The molecule has 1 aromatic carbocycles. The lowest BCUT2D eigenvalue weighted by molar-refractivity contribution is -0.121. The molecule has 3 aromatic rings. The van der Waals surface area contributed by atoms with Crippen LogP contribution < -0.4 is 10.2 Å². The average molecular weight is 380 g/mol. The van der Waals surface area contributed by atoms with Crippen molar-refractivity contribution in [3.63, 3.8) is 0 Å². The number of aliphatic hydroxyl groups is 1. The molecule has 0 atom stereocenters. The predicted molar refractivity (Wildman–Crippen MR) is 108 cm³/mol. The maximum absolute atomic E-state index is 13.3. The maximum Gasteiger partial charge on any atom is 0.243 e. The second kappa shape index (κ2) is 6.27. The Kier molecular flexibility index (Phi) is 4.11. The van der Waals surface area contributed by atoms with E-state index in [-0.39, 0.29) is 24.4 Å². The van der Waals surface area contributed by atoms with Gasteiger partial charge in [-0.3, -0.25) is 14.4 Å². The van der Waals surface area contributed by atoms with Gasteiger partial charge >= 0.3 is 0 Å². The molecule has 0 fully saturated rings. The van der Waals surface area contributed by atoms with Crippen molar-refractivity contribution in [3.8, 4) is 0 Å². The molecule has 3 heterocycles. The molecule has 146 valence electrons. The molecular formula is C20H24N6O2. The van der Waals surface area contributed by atoms with Gasteiger partial charge in [0.05, 0.1) is 28.4 Å². The monoisotopic (exact) mass is 380 g/mol. The summed E-state index contributed by atoms with van der Waals surface area (Å²) in [5, 5.41) is 18.0. The van der Waals surface area contributed by atoms with Gasteiger partial charge in [-0.25, -0.2) is 9.97 Å². The molecule has 28 heavy (non-hydrogen) atoms. The molecule has 0 spiro atoms. The summed E-state index contributed by atoms with van der Waals surface area (Å²) in [5.74, 6) is 1.25. The minimum atomic E-state index is -0.793. The number of hydrogen-bond donors (Lipinski definition) is 2. The molecular weight excluding hydrogens is 356 g/mol. The van der Waals surface area contributed by atoms with Crippen LogP contribution in [0.1, 0.15) is 45.1 Å². The Morgan fingerprint density at radius 3 is 2.64 bits per heavy atom. The van der Waals surface area contributed by atoms with Gasteiger partial charge in [0, 0.05) is 18.5 Å². The Bertz CT molecular complexity index is 1090. The molecule has 2 N–H and O–H groups in total. The van der Waals surface area contributed by atoms with E-state index in [4.69, 9.17) is 0 Å². The first-order chi connectivity index (χ1) is 13.3. The van der Waals surface area contributed by atoms with Crippen molar-refractivity contribution < 1.29 is 9.90 Å². The molecule has 0 unspecified atom stereocenters. The topological polar surface area (TPSA) is 96.2 Å². The van der Waals surface area contributed by atoms with Crippen LogP contribution in [-0.4, -0.2) is 37.8 Å². The predicted octanol–water partition coefficient (Wildman–Crippen LogP) is 2.90. The van der Waals surface area contributed by atoms with Crippen LogP contribution in [-0.2, 0) is 16.8 Å². The standard InChI is InChI=1S/C20H24N6O2/c1-11(2)26-14-7-6-13(8-12(14)9-22-26)25-18-16(20(3,4)19(25)28)17(21-5)23-15(10-27)24-18/h6-9,11,27H,10H2,1-5H3,(H,21,23,24). The second-order valence-corrected chi connectivity index (χ2v) is 7.79. The van der Waals surface area contributed by atoms with Crippen LogP contribution in [0.15, 0.2) is 24.4 Å². The molecule has 0 bridgehead atoms. The maximum atomic E-state index is 13.3. The minimum Gasteiger partial charge on any atom is -0.388 e. The fraction of sp³-hybridized carbons (Fsp3) is 0.400. The Labute approximate surface area is 163 Å². The van der Waals surface area contributed by atoms with Crippen molar-refractivity contribution >= 4 is 34.1 Å². The molecule has 8 heteroatoms. The SMILES string of the molecule is CNc1nc(CO)nc2c1C(C)(C)C(=O)N2c1ccc2c(cnn2C(C)C)c1. The fourth-order valence-corrected chi connectivity index (χ4v) is 3.80. The summed E-state index contributed by atoms with van der Waals surface area (Å²) in [6.07, 6.45) is 1.81. The van der Waals surface area contributed by atoms with Crippen molar-refractivity contribution in [1.29, 1.82) is 0 Å². The molecule has 1 aliphatic heterocycles. The van der Waals surface area contributed by atoms with Gasteiger partial charge in [0.25, 0.3) is 0 Å². The van der Waals surface area contributed by atoms with E-state index in [0.717, 1.165) is 22.2 Å². The van der Waals surface area contributed by atoms with Crippen LogP contribution in [0.5, 0.6) is 0 Å². The van der Waals surface area contributed by atoms with Crippen LogP contribution in [0.3, 0.4) is 0 Å². The van der Waals surface area contributed by atoms with Crippen molar-refractivity contribution in [2.24, 2.45) is 0 Å². The number of carbonyl (C=O) groups is 1. The highest BCUT2D eigenvalue weighted by molar-refractivity contribution is 6.13. The van der Waals surface area contributed by atoms with E-state index >= 15 is 0 Å². The molecule has 1 aliphatic rings. The number of carbonyl (C=O) groups excluding carboxylic acids is 1. The number of rotatable bonds is 4.